The molecule has 1 saturated heterocycles. The van der Waals surface area contributed by atoms with E-state index >= 15 is 0 Å². The van der Waals surface area contributed by atoms with Gasteiger partial charge in [0.15, 0.2) is 0 Å². The SMILES string of the molecule is COCC1(C(F)F)CCCN1. The summed E-state index contributed by atoms with van der Waals surface area (Å²) in [5.74, 6) is 0. The second-order valence-electron chi connectivity index (χ2n) is 2.92. The molecule has 1 heterocycles. The zero-order valence-electron chi connectivity index (χ0n) is 6.57. The fourth-order valence-corrected chi connectivity index (χ4v) is 1.46. The molecule has 0 amide bonds. The molecule has 0 saturated carbocycles. The van der Waals surface area contributed by atoms with Gasteiger partial charge in [-0.05, 0) is 19.4 Å². The molecule has 0 bridgehead atoms. The number of hydrogen-bond donors (Lipinski definition) is 1. The van der Waals surface area contributed by atoms with Crippen molar-refractivity contribution in [1.29, 1.82) is 0 Å². The molecular formula is C7H13F2NO. The molecule has 0 aromatic rings. The van der Waals surface area contributed by atoms with Crippen LogP contribution in [0.1, 0.15) is 12.8 Å². The Morgan fingerprint density at radius 2 is 2.36 bits per heavy atom. The minimum absolute atomic E-state index is 0.102. The van der Waals surface area contributed by atoms with Crippen LogP contribution in [0.5, 0.6) is 0 Å². The summed E-state index contributed by atoms with van der Waals surface area (Å²) >= 11 is 0. The molecule has 0 aromatic carbocycles. The highest BCUT2D eigenvalue weighted by Crippen LogP contribution is 2.26. The van der Waals surface area contributed by atoms with Gasteiger partial charge in [-0.3, -0.25) is 0 Å². The molecule has 0 aliphatic carbocycles. The number of methoxy groups -OCH3 is 1. The number of hydrogen-bond acceptors (Lipinski definition) is 2. The summed E-state index contributed by atoms with van der Waals surface area (Å²) in [6.07, 6.45) is -1.00. The summed E-state index contributed by atoms with van der Waals surface area (Å²) in [6.45, 7) is 0.776. The van der Waals surface area contributed by atoms with Gasteiger partial charge in [-0.1, -0.05) is 0 Å². The normalized spacial score (nSPS) is 31.6. The number of halogens is 2. The van der Waals surface area contributed by atoms with E-state index in [0.29, 0.717) is 13.0 Å². The third-order valence-corrected chi connectivity index (χ3v) is 2.10. The summed E-state index contributed by atoms with van der Waals surface area (Å²) in [5, 5.41) is 2.80. The van der Waals surface area contributed by atoms with Crippen LogP contribution in [0.3, 0.4) is 0 Å². The van der Waals surface area contributed by atoms with Gasteiger partial charge >= 0.3 is 0 Å². The van der Waals surface area contributed by atoms with E-state index in [1.807, 2.05) is 0 Å². The van der Waals surface area contributed by atoms with Crippen LogP contribution in [0.2, 0.25) is 0 Å². The quantitative estimate of drug-likeness (QED) is 0.674. The first-order valence-electron chi connectivity index (χ1n) is 3.73. The molecule has 1 aliphatic rings. The second kappa shape index (κ2) is 3.45. The molecular weight excluding hydrogens is 152 g/mol. The Morgan fingerprint density at radius 1 is 1.64 bits per heavy atom. The van der Waals surface area contributed by atoms with Crippen LogP contribution in [0.25, 0.3) is 0 Å². The zero-order valence-corrected chi connectivity index (χ0v) is 6.57. The van der Waals surface area contributed by atoms with E-state index in [0.717, 1.165) is 6.42 Å². The van der Waals surface area contributed by atoms with Crippen LogP contribution >= 0.6 is 0 Å². The summed E-state index contributed by atoms with van der Waals surface area (Å²) in [6, 6.07) is 0. The minimum atomic E-state index is -2.33. The number of nitrogens with one attached hydrogen (secondary N) is 1. The highest BCUT2D eigenvalue weighted by atomic mass is 19.3. The first kappa shape index (κ1) is 8.87. The van der Waals surface area contributed by atoms with Gasteiger partial charge in [0.1, 0.15) is 5.54 Å². The Balaban J connectivity index is 2.55. The molecule has 0 aromatic heterocycles. The molecule has 11 heavy (non-hydrogen) atoms. The van der Waals surface area contributed by atoms with Crippen molar-refractivity contribution >= 4 is 0 Å². The molecule has 1 fully saturated rings. The Hall–Kier alpha value is -0.220. The Labute approximate surface area is 64.9 Å². The summed E-state index contributed by atoms with van der Waals surface area (Å²) in [4.78, 5) is 0. The van der Waals surface area contributed by atoms with E-state index in [1.165, 1.54) is 7.11 Å². The van der Waals surface area contributed by atoms with E-state index in [4.69, 9.17) is 4.74 Å². The smallest absolute Gasteiger partial charge is 0.258 e. The van der Waals surface area contributed by atoms with Crippen LogP contribution in [-0.2, 0) is 4.74 Å². The molecule has 1 N–H and O–H groups in total. The standard InChI is InChI=1S/C7H13F2NO/c1-11-5-7(6(8)9)3-2-4-10-7/h6,10H,2-5H2,1H3. The van der Waals surface area contributed by atoms with Crippen LogP contribution in [-0.4, -0.2) is 32.2 Å². The zero-order chi connectivity index (χ0) is 8.32. The average molecular weight is 165 g/mol. The van der Waals surface area contributed by atoms with Crippen molar-refractivity contribution in [3.8, 4) is 0 Å². The Kier molecular flexibility index (Phi) is 2.78. The van der Waals surface area contributed by atoms with Crippen LogP contribution in [0, 0.1) is 0 Å². The molecule has 1 unspecified atom stereocenters. The summed E-state index contributed by atoms with van der Waals surface area (Å²) in [5.41, 5.74) is -1.06. The Bertz CT molecular complexity index is 124. The lowest BCUT2D eigenvalue weighted by molar-refractivity contribution is -0.00799. The van der Waals surface area contributed by atoms with Crippen molar-refractivity contribution in [2.24, 2.45) is 0 Å². The van der Waals surface area contributed by atoms with Crippen LogP contribution < -0.4 is 5.32 Å². The van der Waals surface area contributed by atoms with E-state index in [1.54, 1.807) is 0 Å². The molecule has 0 spiro atoms. The fraction of sp³-hybridized carbons (Fsp3) is 1.00. The van der Waals surface area contributed by atoms with Crippen LogP contribution in [0.4, 0.5) is 8.78 Å². The summed E-state index contributed by atoms with van der Waals surface area (Å²) < 4.78 is 29.6. The van der Waals surface area contributed by atoms with Crippen molar-refractivity contribution in [1.82, 2.24) is 5.32 Å². The van der Waals surface area contributed by atoms with Gasteiger partial charge < -0.3 is 10.1 Å². The molecule has 4 heteroatoms. The molecule has 1 atom stereocenters. The van der Waals surface area contributed by atoms with Crippen molar-refractivity contribution in [2.45, 2.75) is 24.8 Å². The van der Waals surface area contributed by atoms with E-state index in [2.05, 4.69) is 5.32 Å². The number of rotatable bonds is 3. The molecule has 2 nitrogen and oxygen atoms in total. The lowest BCUT2D eigenvalue weighted by atomic mass is 10.00. The maximum absolute atomic E-state index is 12.4. The van der Waals surface area contributed by atoms with Crippen molar-refractivity contribution in [3.63, 3.8) is 0 Å². The summed E-state index contributed by atoms with van der Waals surface area (Å²) in [7, 11) is 1.45. The van der Waals surface area contributed by atoms with Crippen molar-refractivity contribution in [2.75, 3.05) is 20.3 Å². The highest BCUT2D eigenvalue weighted by molar-refractivity contribution is 4.95. The third kappa shape index (κ3) is 1.68. The van der Waals surface area contributed by atoms with Gasteiger partial charge in [0.25, 0.3) is 6.43 Å². The number of alkyl halides is 2. The third-order valence-electron chi connectivity index (χ3n) is 2.10. The molecule has 0 radical (unpaired) electrons. The highest BCUT2D eigenvalue weighted by Gasteiger charge is 2.42. The molecule has 66 valence electrons. The van der Waals surface area contributed by atoms with E-state index in [-0.39, 0.29) is 6.61 Å². The predicted octanol–water partition coefficient (Wildman–Crippen LogP) is 1.02. The van der Waals surface area contributed by atoms with Gasteiger partial charge in [0, 0.05) is 7.11 Å². The van der Waals surface area contributed by atoms with Gasteiger partial charge in [-0.2, -0.15) is 0 Å². The first-order valence-corrected chi connectivity index (χ1v) is 3.73. The number of ether oxygens (including phenoxy) is 1. The van der Waals surface area contributed by atoms with Crippen LogP contribution in [0.15, 0.2) is 0 Å². The Morgan fingerprint density at radius 3 is 2.73 bits per heavy atom. The van der Waals surface area contributed by atoms with E-state index < -0.39 is 12.0 Å². The van der Waals surface area contributed by atoms with Crippen molar-refractivity contribution < 1.29 is 13.5 Å². The maximum atomic E-state index is 12.4. The van der Waals surface area contributed by atoms with E-state index in [9.17, 15) is 8.78 Å². The van der Waals surface area contributed by atoms with Gasteiger partial charge in [0.05, 0.1) is 6.61 Å². The monoisotopic (exact) mass is 165 g/mol. The van der Waals surface area contributed by atoms with Gasteiger partial charge in [-0.15, -0.1) is 0 Å². The van der Waals surface area contributed by atoms with Crippen molar-refractivity contribution in [3.05, 3.63) is 0 Å². The lowest BCUT2D eigenvalue weighted by Gasteiger charge is -2.27. The second-order valence-corrected chi connectivity index (χ2v) is 2.92. The largest absolute Gasteiger partial charge is 0.383 e. The maximum Gasteiger partial charge on any atom is 0.258 e. The van der Waals surface area contributed by atoms with Gasteiger partial charge in [0.2, 0.25) is 0 Å². The molecule has 1 rings (SSSR count). The average Bonchev–Trinajstić information content (AvgIpc) is 2.38. The van der Waals surface area contributed by atoms with Gasteiger partial charge in [-0.25, -0.2) is 8.78 Å². The topological polar surface area (TPSA) is 21.3 Å². The predicted molar refractivity (Wildman–Crippen MR) is 37.8 cm³/mol. The molecule has 1 aliphatic heterocycles. The minimum Gasteiger partial charge on any atom is -0.383 e. The fourth-order valence-electron chi connectivity index (χ4n) is 1.46. The first-order chi connectivity index (χ1) is 5.21. The lowest BCUT2D eigenvalue weighted by Crippen LogP contribution is -2.50.